The summed E-state index contributed by atoms with van der Waals surface area (Å²) in [5.74, 6) is -2.06. The zero-order valence-corrected chi connectivity index (χ0v) is 10.7. The molecule has 1 heterocycles. The van der Waals surface area contributed by atoms with Crippen molar-refractivity contribution in [3.8, 4) is 0 Å². The molecule has 0 unspecified atom stereocenters. The largest absolute Gasteiger partial charge is 0.419 e. The number of ether oxygens (including phenoxy) is 1. The fourth-order valence-electron chi connectivity index (χ4n) is 1.83. The Morgan fingerprint density at radius 2 is 2.05 bits per heavy atom. The molecule has 1 amide bonds. The SMILES string of the molecule is CC1(CNC(=O)c2ccc(F)c(C(F)(F)F)c2)COC1. The number of rotatable bonds is 3. The Hall–Kier alpha value is -1.63. The minimum Gasteiger partial charge on any atom is -0.380 e. The molecule has 1 N–H and O–H groups in total. The van der Waals surface area contributed by atoms with E-state index in [1.165, 1.54) is 0 Å². The van der Waals surface area contributed by atoms with Gasteiger partial charge in [0.2, 0.25) is 0 Å². The minimum absolute atomic E-state index is 0.192. The highest BCUT2D eigenvalue weighted by atomic mass is 19.4. The maximum absolute atomic E-state index is 13.1. The van der Waals surface area contributed by atoms with Gasteiger partial charge in [0, 0.05) is 17.5 Å². The van der Waals surface area contributed by atoms with Gasteiger partial charge in [0.25, 0.3) is 5.91 Å². The summed E-state index contributed by atoms with van der Waals surface area (Å²) in [4.78, 5) is 11.8. The quantitative estimate of drug-likeness (QED) is 0.869. The smallest absolute Gasteiger partial charge is 0.380 e. The Morgan fingerprint density at radius 1 is 1.40 bits per heavy atom. The van der Waals surface area contributed by atoms with Crippen LogP contribution in [0.2, 0.25) is 0 Å². The first-order chi connectivity index (χ1) is 9.21. The molecular weight excluding hydrogens is 278 g/mol. The lowest BCUT2D eigenvalue weighted by molar-refractivity contribution is -0.140. The minimum atomic E-state index is -4.83. The van der Waals surface area contributed by atoms with E-state index in [1.54, 1.807) is 0 Å². The first-order valence-electron chi connectivity index (χ1n) is 5.94. The second-order valence-corrected chi connectivity index (χ2v) is 5.18. The van der Waals surface area contributed by atoms with Crippen LogP contribution in [0, 0.1) is 11.2 Å². The van der Waals surface area contributed by atoms with Crippen molar-refractivity contribution >= 4 is 5.91 Å². The summed E-state index contributed by atoms with van der Waals surface area (Å²) in [6.45, 7) is 3.17. The van der Waals surface area contributed by atoms with Crippen molar-refractivity contribution in [2.75, 3.05) is 19.8 Å². The molecule has 1 saturated heterocycles. The van der Waals surface area contributed by atoms with Crippen molar-refractivity contribution < 1.29 is 27.1 Å². The molecule has 110 valence electrons. The molecule has 1 aliphatic rings. The van der Waals surface area contributed by atoms with Crippen LogP contribution >= 0.6 is 0 Å². The van der Waals surface area contributed by atoms with Gasteiger partial charge in [-0.05, 0) is 18.2 Å². The molecule has 0 radical (unpaired) electrons. The fourth-order valence-corrected chi connectivity index (χ4v) is 1.83. The average molecular weight is 291 g/mol. The number of amides is 1. The first-order valence-corrected chi connectivity index (χ1v) is 5.94. The molecule has 2 rings (SSSR count). The zero-order valence-electron chi connectivity index (χ0n) is 10.7. The van der Waals surface area contributed by atoms with E-state index in [0.717, 1.165) is 6.07 Å². The van der Waals surface area contributed by atoms with Gasteiger partial charge in [-0.25, -0.2) is 4.39 Å². The molecule has 0 aromatic heterocycles. The van der Waals surface area contributed by atoms with Crippen LogP contribution in [0.1, 0.15) is 22.8 Å². The van der Waals surface area contributed by atoms with Crippen molar-refractivity contribution in [3.05, 3.63) is 35.1 Å². The van der Waals surface area contributed by atoms with Crippen molar-refractivity contribution in [2.45, 2.75) is 13.1 Å². The maximum atomic E-state index is 13.1. The highest BCUT2D eigenvalue weighted by molar-refractivity contribution is 5.94. The van der Waals surface area contributed by atoms with Crippen molar-refractivity contribution in [3.63, 3.8) is 0 Å². The number of alkyl halides is 3. The van der Waals surface area contributed by atoms with Gasteiger partial charge in [0.05, 0.1) is 18.8 Å². The van der Waals surface area contributed by atoms with Gasteiger partial charge in [-0.3, -0.25) is 4.79 Å². The predicted octanol–water partition coefficient (Wildman–Crippen LogP) is 2.61. The standard InChI is InChI=1S/C13H13F4NO2/c1-12(6-20-7-12)5-18-11(19)8-2-3-10(14)9(4-8)13(15,16)17/h2-4H,5-7H2,1H3,(H,18,19). The molecule has 7 heteroatoms. The lowest BCUT2D eigenvalue weighted by atomic mass is 9.88. The van der Waals surface area contributed by atoms with E-state index in [-0.39, 0.29) is 11.0 Å². The van der Waals surface area contributed by atoms with Crippen LogP contribution in [-0.4, -0.2) is 25.7 Å². The molecule has 0 spiro atoms. The summed E-state index contributed by atoms with van der Waals surface area (Å²) < 4.78 is 55.7. The summed E-state index contributed by atoms with van der Waals surface area (Å²) in [7, 11) is 0. The van der Waals surface area contributed by atoms with Crippen LogP contribution in [0.3, 0.4) is 0 Å². The van der Waals surface area contributed by atoms with Gasteiger partial charge >= 0.3 is 6.18 Å². The highest BCUT2D eigenvalue weighted by Crippen LogP contribution is 2.32. The molecule has 0 aliphatic carbocycles. The monoisotopic (exact) mass is 291 g/mol. The normalized spacial score (nSPS) is 17.4. The van der Waals surface area contributed by atoms with E-state index < -0.39 is 23.5 Å². The van der Waals surface area contributed by atoms with Gasteiger partial charge in [0.1, 0.15) is 5.82 Å². The third kappa shape index (κ3) is 3.09. The Labute approximate surface area is 112 Å². The van der Waals surface area contributed by atoms with Gasteiger partial charge in [-0.1, -0.05) is 6.92 Å². The van der Waals surface area contributed by atoms with Crippen molar-refractivity contribution in [1.82, 2.24) is 5.32 Å². The summed E-state index contributed by atoms with van der Waals surface area (Å²) >= 11 is 0. The summed E-state index contributed by atoms with van der Waals surface area (Å²) in [6, 6.07) is 2.19. The lowest BCUT2D eigenvalue weighted by Crippen LogP contribution is -2.48. The van der Waals surface area contributed by atoms with Gasteiger partial charge in [-0.15, -0.1) is 0 Å². The van der Waals surface area contributed by atoms with E-state index in [9.17, 15) is 22.4 Å². The molecule has 0 atom stereocenters. The molecule has 20 heavy (non-hydrogen) atoms. The molecule has 3 nitrogen and oxygen atoms in total. The number of carbonyl (C=O) groups is 1. The predicted molar refractivity (Wildman–Crippen MR) is 62.7 cm³/mol. The topological polar surface area (TPSA) is 38.3 Å². The number of carbonyl (C=O) groups excluding carboxylic acids is 1. The Morgan fingerprint density at radius 3 is 2.55 bits per heavy atom. The van der Waals surface area contributed by atoms with E-state index in [0.29, 0.717) is 31.9 Å². The molecule has 0 saturated carbocycles. The van der Waals surface area contributed by atoms with Crippen molar-refractivity contribution in [1.29, 1.82) is 0 Å². The third-order valence-corrected chi connectivity index (χ3v) is 3.11. The average Bonchev–Trinajstić information content (AvgIpc) is 2.32. The summed E-state index contributed by atoms with van der Waals surface area (Å²) in [5.41, 5.74) is -1.85. The van der Waals surface area contributed by atoms with E-state index in [4.69, 9.17) is 4.74 Å². The number of hydrogen-bond donors (Lipinski definition) is 1. The van der Waals surface area contributed by atoms with Crippen LogP contribution in [0.15, 0.2) is 18.2 Å². The molecule has 1 aromatic carbocycles. The second-order valence-electron chi connectivity index (χ2n) is 5.18. The van der Waals surface area contributed by atoms with E-state index in [1.807, 2.05) is 6.92 Å². The summed E-state index contributed by atoms with van der Waals surface area (Å²) in [5, 5.41) is 2.53. The Balaban J connectivity index is 2.10. The molecule has 0 bridgehead atoms. The Bertz CT molecular complexity index is 524. The number of halogens is 4. The van der Waals surface area contributed by atoms with Crippen LogP contribution in [0.25, 0.3) is 0 Å². The molecule has 1 aromatic rings. The van der Waals surface area contributed by atoms with Gasteiger partial charge in [0.15, 0.2) is 0 Å². The third-order valence-electron chi connectivity index (χ3n) is 3.11. The zero-order chi connectivity index (χ0) is 15.0. The Kier molecular flexibility index (Phi) is 3.73. The maximum Gasteiger partial charge on any atom is 0.419 e. The van der Waals surface area contributed by atoms with Gasteiger partial charge in [-0.2, -0.15) is 13.2 Å². The van der Waals surface area contributed by atoms with Crippen LogP contribution in [0.5, 0.6) is 0 Å². The number of nitrogens with one attached hydrogen (secondary N) is 1. The second kappa shape index (κ2) is 5.05. The van der Waals surface area contributed by atoms with Gasteiger partial charge < -0.3 is 10.1 Å². The summed E-state index contributed by atoms with van der Waals surface area (Å²) in [6.07, 6.45) is -4.83. The fraction of sp³-hybridized carbons (Fsp3) is 0.462. The molecular formula is C13H13F4NO2. The highest BCUT2D eigenvalue weighted by Gasteiger charge is 2.36. The van der Waals surface area contributed by atoms with Crippen molar-refractivity contribution in [2.24, 2.45) is 5.41 Å². The molecule has 1 fully saturated rings. The number of benzene rings is 1. The van der Waals surface area contributed by atoms with E-state index >= 15 is 0 Å². The van der Waals surface area contributed by atoms with Crippen LogP contribution in [-0.2, 0) is 10.9 Å². The first kappa shape index (κ1) is 14.8. The van der Waals surface area contributed by atoms with Crippen LogP contribution in [0.4, 0.5) is 17.6 Å². The molecule has 1 aliphatic heterocycles. The number of hydrogen-bond acceptors (Lipinski definition) is 2. The van der Waals surface area contributed by atoms with Crippen LogP contribution < -0.4 is 5.32 Å². The lowest BCUT2D eigenvalue weighted by Gasteiger charge is -2.38. The van der Waals surface area contributed by atoms with E-state index in [2.05, 4.69) is 5.32 Å².